The lowest BCUT2D eigenvalue weighted by atomic mass is 10.1. The van der Waals surface area contributed by atoms with Crippen LogP contribution in [0.2, 0.25) is 5.02 Å². The van der Waals surface area contributed by atoms with Crippen molar-refractivity contribution in [3.05, 3.63) is 64.9 Å². The maximum absolute atomic E-state index is 12.9. The van der Waals surface area contributed by atoms with E-state index in [1.807, 2.05) is 0 Å². The van der Waals surface area contributed by atoms with Crippen LogP contribution in [0.4, 0.5) is 10.1 Å². The van der Waals surface area contributed by atoms with Gasteiger partial charge >= 0.3 is 0 Å². The van der Waals surface area contributed by atoms with Crippen LogP contribution in [-0.4, -0.2) is 12.3 Å². The normalized spacial score (nSPS) is 10.2. The molecule has 0 aromatic heterocycles. The first kappa shape index (κ1) is 13.6. The lowest BCUT2D eigenvalue weighted by Crippen LogP contribution is -2.08. The second-order valence-electron chi connectivity index (χ2n) is 4.12. The SMILES string of the molecule is O=C(CCNc1cccc(F)c1)c1ccc(Cl)cc1. The first-order valence-corrected chi connectivity index (χ1v) is 6.31. The van der Waals surface area contributed by atoms with Gasteiger partial charge in [-0.3, -0.25) is 4.79 Å². The number of anilines is 1. The van der Waals surface area contributed by atoms with Crippen molar-refractivity contribution >= 4 is 23.1 Å². The first-order chi connectivity index (χ1) is 9.15. The zero-order valence-electron chi connectivity index (χ0n) is 10.2. The van der Waals surface area contributed by atoms with Crippen LogP contribution in [-0.2, 0) is 0 Å². The van der Waals surface area contributed by atoms with Gasteiger partial charge in [-0.2, -0.15) is 0 Å². The summed E-state index contributed by atoms with van der Waals surface area (Å²) < 4.78 is 12.9. The van der Waals surface area contributed by atoms with Gasteiger partial charge < -0.3 is 5.32 Å². The topological polar surface area (TPSA) is 29.1 Å². The number of Topliss-reactive ketones (excluding diaryl/α,β-unsaturated/α-hetero) is 1. The van der Waals surface area contributed by atoms with E-state index in [0.717, 1.165) is 0 Å². The van der Waals surface area contributed by atoms with E-state index in [2.05, 4.69) is 5.32 Å². The van der Waals surface area contributed by atoms with Crippen molar-refractivity contribution in [2.45, 2.75) is 6.42 Å². The van der Waals surface area contributed by atoms with Gasteiger partial charge in [-0.15, -0.1) is 0 Å². The molecule has 98 valence electrons. The molecule has 1 N–H and O–H groups in total. The zero-order valence-corrected chi connectivity index (χ0v) is 11.0. The third-order valence-electron chi connectivity index (χ3n) is 2.67. The molecule has 2 rings (SSSR count). The minimum Gasteiger partial charge on any atom is -0.385 e. The van der Waals surface area contributed by atoms with E-state index in [1.54, 1.807) is 36.4 Å². The van der Waals surface area contributed by atoms with Gasteiger partial charge in [-0.1, -0.05) is 17.7 Å². The summed E-state index contributed by atoms with van der Waals surface area (Å²) in [6, 6.07) is 12.9. The van der Waals surface area contributed by atoms with E-state index < -0.39 is 0 Å². The number of benzene rings is 2. The van der Waals surface area contributed by atoms with Gasteiger partial charge in [-0.25, -0.2) is 4.39 Å². The summed E-state index contributed by atoms with van der Waals surface area (Å²) in [6.07, 6.45) is 0.345. The Morgan fingerprint density at radius 2 is 1.89 bits per heavy atom. The Labute approximate surface area is 116 Å². The van der Waals surface area contributed by atoms with Crippen LogP contribution in [0.1, 0.15) is 16.8 Å². The summed E-state index contributed by atoms with van der Waals surface area (Å²) in [5.74, 6) is -0.269. The van der Waals surface area contributed by atoms with Gasteiger partial charge in [0.2, 0.25) is 0 Å². The number of carbonyl (C=O) groups excluding carboxylic acids is 1. The standard InChI is InChI=1S/C15H13ClFNO/c16-12-6-4-11(5-7-12)15(19)8-9-18-14-3-1-2-13(17)10-14/h1-7,10,18H,8-9H2. The first-order valence-electron chi connectivity index (χ1n) is 5.93. The third-order valence-corrected chi connectivity index (χ3v) is 2.92. The molecule has 0 aliphatic heterocycles. The van der Waals surface area contributed by atoms with Crippen molar-refractivity contribution in [2.24, 2.45) is 0 Å². The second-order valence-corrected chi connectivity index (χ2v) is 4.55. The van der Waals surface area contributed by atoms with Crippen LogP contribution < -0.4 is 5.32 Å². The van der Waals surface area contributed by atoms with Crippen LogP contribution in [0.25, 0.3) is 0 Å². The molecular formula is C15H13ClFNO. The van der Waals surface area contributed by atoms with Gasteiger partial charge in [0.15, 0.2) is 5.78 Å². The number of rotatable bonds is 5. The fourth-order valence-electron chi connectivity index (χ4n) is 1.70. The molecule has 0 spiro atoms. The maximum atomic E-state index is 12.9. The highest BCUT2D eigenvalue weighted by Crippen LogP contribution is 2.12. The molecule has 2 aromatic carbocycles. The van der Waals surface area contributed by atoms with Crippen molar-refractivity contribution in [3.8, 4) is 0 Å². The van der Waals surface area contributed by atoms with E-state index in [4.69, 9.17) is 11.6 Å². The molecule has 0 amide bonds. The van der Waals surface area contributed by atoms with Crippen LogP contribution in [0.3, 0.4) is 0 Å². The molecule has 4 heteroatoms. The van der Waals surface area contributed by atoms with Crippen molar-refractivity contribution < 1.29 is 9.18 Å². The van der Waals surface area contributed by atoms with Gasteiger partial charge in [-0.05, 0) is 42.5 Å². The fourth-order valence-corrected chi connectivity index (χ4v) is 1.82. The number of hydrogen-bond donors (Lipinski definition) is 1. The lowest BCUT2D eigenvalue weighted by molar-refractivity contribution is 0.0986. The summed E-state index contributed by atoms with van der Waals surface area (Å²) in [6.45, 7) is 0.463. The molecule has 2 aromatic rings. The maximum Gasteiger partial charge on any atom is 0.164 e. The minimum absolute atomic E-state index is 0.0283. The Balaban J connectivity index is 1.86. The number of carbonyl (C=O) groups is 1. The van der Waals surface area contributed by atoms with Crippen LogP contribution >= 0.6 is 11.6 Å². The molecule has 0 heterocycles. The van der Waals surface area contributed by atoms with Crippen LogP contribution in [0.5, 0.6) is 0 Å². The van der Waals surface area contributed by atoms with Gasteiger partial charge in [0, 0.05) is 29.2 Å². The minimum atomic E-state index is -0.297. The van der Waals surface area contributed by atoms with E-state index >= 15 is 0 Å². The summed E-state index contributed by atoms with van der Waals surface area (Å²) >= 11 is 5.76. The molecule has 0 bridgehead atoms. The summed E-state index contributed by atoms with van der Waals surface area (Å²) in [4.78, 5) is 11.9. The molecule has 0 saturated heterocycles. The Hall–Kier alpha value is -1.87. The largest absolute Gasteiger partial charge is 0.385 e. The third kappa shape index (κ3) is 4.07. The molecule has 0 radical (unpaired) electrons. The number of halogens is 2. The van der Waals surface area contributed by atoms with Gasteiger partial charge in [0.25, 0.3) is 0 Å². The average Bonchev–Trinajstić information content (AvgIpc) is 2.39. The smallest absolute Gasteiger partial charge is 0.164 e. The van der Waals surface area contributed by atoms with Crippen molar-refractivity contribution in [1.29, 1.82) is 0 Å². The van der Waals surface area contributed by atoms with Crippen molar-refractivity contribution in [2.75, 3.05) is 11.9 Å². The highest BCUT2D eigenvalue weighted by molar-refractivity contribution is 6.30. The highest BCUT2D eigenvalue weighted by Gasteiger charge is 2.05. The quantitative estimate of drug-likeness (QED) is 0.831. The molecule has 0 fully saturated rings. The highest BCUT2D eigenvalue weighted by atomic mass is 35.5. The molecule has 0 unspecified atom stereocenters. The second kappa shape index (κ2) is 6.34. The fraction of sp³-hybridized carbons (Fsp3) is 0.133. The zero-order chi connectivity index (χ0) is 13.7. The number of nitrogens with one attached hydrogen (secondary N) is 1. The predicted molar refractivity (Wildman–Crippen MR) is 75.3 cm³/mol. The molecule has 2 nitrogen and oxygen atoms in total. The molecule has 0 aliphatic rings. The monoisotopic (exact) mass is 277 g/mol. The van der Waals surface area contributed by atoms with E-state index in [1.165, 1.54) is 12.1 Å². The predicted octanol–water partition coefficient (Wildman–Crippen LogP) is 4.16. The molecule has 0 aliphatic carbocycles. The Kier molecular flexibility index (Phi) is 4.53. The molecular weight excluding hydrogens is 265 g/mol. The van der Waals surface area contributed by atoms with E-state index in [9.17, 15) is 9.18 Å². The van der Waals surface area contributed by atoms with E-state index in [0.29, 0.717) is 29.2 Å². The van der Waals surface area contributed by atoms with Gasteiger partial charge in [0.05, 0.1) is 0 Å². The summed E-state index contributed by atoms with van der Waals surface area (Å²) in [7, 11) is 0. The summed E-state index contributed by atoms with van der Waals surface area (Å²) in [5.41, 5.74) is 1.30. The van der Waals surface area contributed by atoms with Crippen LogP contribution in [0.15, 0.2) is 48.5 Å². The summed E-state index contributed by atoms with van der Waals surface area (Å²) in [5, 5.41) is 3.62. The van der Waals surface area contributed by atoms with Crippen molar-refractivity contribution in [3.63, 3.8) is 0 Å². The Bertz CT molecular complexity index is 569. The van der Waals surface area contributed by atoms with Gasteiger partial charge in [0.1, 0.15) is 5.82 Å². The molecule has 0 saturated carbocycles. The molecule has 19 heavy (non-hydrogen) atoms. The Morgan fingerprint density at radius 3 is 2.58 bits per heavy atom. The number of ketones is 1. The molecule has 0 atom stereocenters. The van der Waals surface area contributed by atoms with E-state index in [-0.39, 0.29) is 11.6 Å². The van der Waals surface area contributed by atoms with Crippen LogP contribution in [0, 0.1) is 5.82 Å². The average molecular weight is 278 g/mol. The Morgan fingerprint density at radius 1 is 1.16 bits per heavy atom. The number of hydrogen-bond acceptors (Lipinski definition) is 2. The van der Waals surface area contributed by atoms with Crippen molar-refractivity contribution in [1.82, 2.24) is 0 Å². The lowest BCUT2D eigenvalue weighted by Gasteiger charge is -2.06.